The van der Waals surface area contributed by atoms with Gasteiger partial charge >= 0.3 is 0 Å². The van der Waals surface area contributed by atoms with E-state index in [1.807, 2.05) is 6.07 Å². The van der Waals surface area contributed by atoms with Gasteiger partial charge in [0.15, 0.2) is 0 Å². The summed E-state index contributed by atoms with van der Waals surface area (Å²) in [4.78, 5) is 2.52. The molecule has 3 heteroatoms. The van der Waals surface area contributed by atoms with Crippen molar-refractivity contribution in [2.75, 3.05) is 13.1 Å². The largest absolute Gasteiger partial charge is 0.468 e. The average molecular weight is 264 g/mol. The van der Waals surface area contributed by atoms with Gasteiger partial charge < -0.3 is 10.2 Å². The standard InChI is InChI=1S/C16H28N2O/c1-4-14(17)16(15-6-5-11-19-15)18-9-7-13(8-10-18)12(2)3/h5-6,11-14,16H,4,7-10,17H2,1-3H3. The quantitative estimate of drug-likeness (QED) is 0.886. The molecule has 2 heterocycles. The van der Waals surface area contributed by atoms with Crippen LogP contribution in [-0.4, -0.2) is 24.0 Å². The van der Waals surface area contributed by atoms with Gasteiger partial charge in [-0.1, -0.05) is 20.8 Å². The van der Waals surface area contributed by atoms with E-state index in [2.05, 4.69) is 31.7 Å². The zero-order valence-corrected chi connectivity index (χ0v) is 12.5. The molecule has 1 fully saturated rings. The molecule has 0 amide bonds. The number of hydrogen-bond donors (Lipinski definition) is 1. The normalized spacial score (nSPS) is 21.7. The molecule has 0 radical (unpaired) electrons. The lowest BCUT2D eigenvalue weighted by molar-refractivity contribution is 0.0874. The van der Waals surface area contributed by atoms with Gasteiger partial charge in [0.25, 0.3) is 0 Å². The van der Waals surface area contributed by atoms with E-state index in [-0.39, 0.29) is 12.1 Å². The average Bonchev–Trinajstić information content (AvgIpc) is 2.93. The molecule has 0 aliphatic carbocycles. The summed E-state index contributed by atoms with van der Waals surface area (Å²) in [6.07, 6.45) is 5.30. The van der Waals surface area contributed by atoms with Gasteiger partial charge in [-0.15, -0.1) is 0 Å². The first-order valence-corrected chi connectivity index (χ1v) is 7.66. The van der Waals surface area contributed by atoms with E-state index < -0.39 is 0 Å². The summed E-state index contributed by atoms with van der Waals surface area (Å²) in [5.41, 5.74) is 6.33. The van der Waals surface area contributed by atoms with Crippen LogP contribution in [-0.2, 0) is 0 Å². The number of hydrogen-bond acceptors (Lipinski definition) is 3. The van der Waals surface area contributed by atoms with Gasteiger partial charge in [0.2, 0.25) is 0 Å². The number of nitrogens with two attached hydrogens (primary N) is 1. The van der Waals surface area contributed by atoms with E-state index in [0.717, 1.165) is 37.1 Å². The number of piperidine rings is 1. The molecule has 2 rings (SSSR count). The predicted molar refractivity (Wildman–Crippen MR) is 78.9 cm³/mol. The maximum atomic E-state index is 6.33. The smallest absolute Gasteiger partial charge is 0.122 e. The van der Waals surface area contributed by atoms with Gasteiger partial charge in [0.1, 0.15) is 5.76 Å². The molecule has 1 aromatic heterocycles. The fourth-order valence-corrected chi connectivity index (χ4v) is 3.21. The highest BCUT2D eigenvalue weighted by Gasteiger charge is 2.31. The molecule has 0 bridgehead atoms. The third kappa shape index (κ3) is 3.40. The Bertz CT molecular complexity index is 353. The van der Waals surface area contributed by atoms with Crippen molar-refractivity contribution in [3.8, 4) is 0 Å². The second-order valence-corrected chi connectivity index (χ2v) is 6.15. The first-order chi connectivity index (χ1) is 9.13. The molecule has 108 valence electrons. The van der Waals surface area contributed by atoms with Gasteiger partial charge in [-0.3, -0.25) is 4.90 Å². The third-order valence-corrected chi connectivity index (χ3v) is 4.62. The third-order valence-electron chi connectivity index (χ3n) is 4.62. The Morgan fingerprint density at radius 2 is 2.05 bits per heavy atom. The van der Waals surface area contributed by atoms with Gasteiger partial charge in [0, 0.05) is 6.04 Å². The number of furan rings is 1. The van der Waals surface area contributed by atoms with Crippen LogP contribution in [0.1, 0.15) is 51.8 Å². The van der Waals surface area contributed by atoms with Crippen LogP contribution in [0.25, 0.3) is 0 Å². The zero-order valence-electron chi connectivity index (χ0n) is 12.5. The molecule has 2 unspecified atom stereocenters. The SMILES string of the molecule is CCC(N)C(c1ccco1)N1CCC(C(C)C)CC1. The first kappa shape index (κ1) is 14.6. The Kier molecular flexibility index (Phi) is 5.06. The summed E-state index contributed by atoms with van der Waals surface area (Å²) >= 11 is 0. The van der Waals surface area contributed by atoms with Crippen molar-refractivity contribution in [1.82, 2.24) is 4.90 Å². The summed E-state index contributed by atoms with van der Waals surface area (Å²) in [6.45, 7) is 9.11. The molecule has 1 aliphatic heterocycles. The minimum Gasteiger partial charge on any atom is -0.468 e. The van der Waals surface area contributed by atoms with Gasteiger partial charge in [-0.2, -0.15) is 0 Å². The maximum Gasteiger partial charge on any atom is 0.122 e. The molecule has 2 N–H and O–H groups in total. The highest BCUT2D eigenvalue weighted by Crippen LogP contribution is 2.32. The van der Waals surface area contributed by atoms with Crippen LogP contribution in [0.3, 0.4) is 0 Å². The number of likely N-dealkylation sites (tertiary alicyclic amines) is 1. The molecule has 0 aromatic carbocycles. The maximum absolute atomic E-state index is 6.33. The minimum atomic E-state index is 0.154. The summed E-state index contributed by atoms with van der Waals surface area (Å²) in [5.74, 6) is 2.69. The molecule has 1 aromatic rings. The topological polar surface area (TPSA) is 42.4 Å². The van der Waals surface area contributed by atoms with Crippen LogP contribution < -0.4 is 5.73 Å². The molecular formula is C16H28N2O. The van der Waals surface area contributed by atoms with E-state index in [1.54, 1.807) is 6.26 Å². The molecule has 19 heavy (non-hydrogen) atoms. The summed E-state index contributed by atoms with van der Waals surface area (Å²) in [7, 11) is 0. The molecule has 0 saturated carbocycles. The molecular weight excluding hydrogens is 236 g/mol. The van der Waals surface area contributed by atoms with E-state index in [0.29, 0.717) is 0 Å². The Labute approximate surface area is 117 Å². The Morgan fingerprint density at radius 1 is 1.37 bits per heavy atom. The van der Waals surface area contributed by atoms with Crippen molar-refractivity contribution in [3.05, 3.63) is 24.2 Å². The molecule has 2 atom stereocenters. The number of nitrogens with zero attached hydrogens (tertiary/aromatic N) is 1. The van der Waals surface area contributed by atoms with Crippen molar-refractivity contribution in [3.63, 3.8) is 0 Å². The van der Waals surface area contributed by atoms with Gasteiger partial charge in [-0.25, -0.2) is 0 Å². The number of rotatable bonds is 5. The van der Waals surface area contributed by atoms with Crippen LogP contribution in [0.5, 0.6) is 0 Å². The lowest BCUT2D eigenvalue weighted by Gasteiger charge is -2.40. The lowest BCUT2D eigenvalue weighted by Crippen LogP contribution is -2.45. The second kappa shape index (κ2) is 6.58. The van der Waals surface area contributed by atoms with Crippen molar-refractivity contribution < 1.29 is 4.42 Å². The van der Waals surface area contributed by atoms with Crippen LogP contribution in [0.4, 0.5) is 0 Å². The van der Waals surface area contributed by atoms with Gasteiger partial charge in [-0.05, 0) is 56.3 Å². The van der Waals surface area contributed by atoms with Gasteiger partial charge in [0.05, 0.1) is 12.3 Å². The molecule has 1 aliphatic rings. The molecule has 0 spiro atoms. The van der Waals surface area contributed by atoms with E-state index in [1.165, 1.54) is 12.8 Å². The van der Waals surface area contributed by atoms with E-state index >= 15 is 0 Å². The highest BCUT2D eigenvalue weighted by molar-refractivity contribution is 5.08. The molecule has 1 saturated heterocycles. The highest BCUT2D eigenvalue weighted by atomic mass is 16.3. The summed E-state index contributed by atoms with van der Waals surface area (Å²) in [6, 6.07) is 4.43. The fourth-order valence-electron chi connectivity index (χ4n) is 3.21. The Morgan fingerprint density at radius 3 is 2.53 bits per heavy atom. The Hall–Kier alpha value is -0.800. The van der Waals surface area contributed by atoms with E-state index in [4.69, 9.17) is 10.2 Å². The van der Waals surface area contributed by atoms with Crippen molar-refractivity contribution in [1.29, 1.82) is 0 Å². The van der Waals surface area contributed by atoms with E-state index in [9.17, 15) is 0 Å². The monoisotopic (exact) mass is 264 g/mol. The first-order valence-electron chi connectivity index (χ1n) is 7.66. The van der Waals surface area contributed by atoms with Crippen molar-refractivity contribution >= 4 is 0 Å². The van der Waals surface area contributed by atoms with Crippen molar-refractivity contribution in [2.24, 2.45) is 17.6 Å². The minimum absolute atomic E-state index is 0.154. The predicted octanol–water partition coefficient (Wildman–Crippen LogP) is 3.43. The Balaban J connectivity index is 2.05. The summed E-state index contributed by atoms with van der Waals surface area (Å²) < 4.78 is 5.62. The van der Waals surface area contributed by atoms with Crippen LogP contribution >= 0.6 is 0 Å². The van der Waals surface area contributed by atoms with Crippen LogP contribution in [0, 0.1) is 11.8 Å². The van der Waals surface area contributed by atoms with Crippen LogP contribution in [0.15, 0.2) is 22.8 Å². The second-order valence-electron chi connectivity index (χ2n) is 6.15. The lowest BCUT2D eigenvalue weighted by atomic mass is 9.85. The summed E-state index contributed by atoms with van der Waals surface area (Å²) in [5, 5.41) is 0. The zero-order chi connectivity index (χ0) is 13.8. The fraction of sp³-hybridized carbons (Fsp3) is 0.750. The van der Waals surface area contributed by atoms with Crippen molar-refractivity contribution in [2.45, 2.75) is 52.1 Å². The van der Waals surface area contributed by atoms with Crippen LogP contribution in [0.2, 0.25) is 0 Å². The molecule has 3 nitrogen and oxygen atoms in total.